The number of nitrogens with zero attached hydrogens (tertiary/aromatic N) is 4. The third-order valence-electron chi connectivity index (χ3n) is 5.85. The van der Waals surface area contributed by atoms with E-state index in [-0.39, 0.29) is 0 Å². The predicted octanol–water partition coefficient (Wildman–Crippen LogP) is 4.22. The summed E-state index contributed by atoms with van der Waals surface area (Å²) in [7, 11) is 2.09. The van der Waals surface area contributed by atoms with Crippen molar-refractivity contribution in [3.8, 4) is 0 Å². The summed E-state index contributed by atoms with van der Waals surface area (Å²) in [6, 6.07) is 10.9. The van der Waals surface area contributed by atoms with Gasteiger partial charge in [0, 0.05) is 38.4 Å². The van der Waals surface area contributed by atoms with E-state index in [2.05, 4.69) is 75.8 Å². The van der Waals surface area contributed by atoms with E-state index in [1.807, 2.05) is 6.20 Å². The van der Waals surface area contributed by atoms with Gasteiger partial charge in [0.25, 0.3) is 0 Å². The molecule has 4 heterocycles. The number of pyridine rings is 1. The second-order valence-electron chi connectivity index (χ2n) is 8.15. The first-order chi connectivity index (χ1) is 14.2. The van der Waals surface area contributed by atoms with Crippen LogP contribution in [0.15, 0.2) is 59.9 Å². The van der Waals surface area contributed by atoms with E-state index in [9.17, 15) is 0 Å². The van der Waals surface area contributed by atoms with Crippen LogP contribution in [0.1, 0.15) is 29.5 Å². The SMILES string of the molecule is CN1C=CC(c2ccc3c(c2)CC(=Nc2cc(CN4CCCC4)ccn2)N3)=CC1. The fourth-order valence-electron chi connectivity index (χ4n) is 4.24. The molecule has 5 rings (SSSR count). The summed E-state index contributed by atoms with van der Waals surface area (Å²) in [6.07, 6.45) is 11.9. The van der Waals surface area contributed by atoms with Gasteiger partial charge in [0.15, 0.2) is 5.82 Å². The van der Waals surface area contributed by atoms with E-state index in [0.29, 0.717) is 0 Å². The molecule has 0 saturated carbocycles. The van der Waals surface area contributed by atoms with Crippen molar-refractivity contribution < 1.29 is 0 Å². The molecular weight excluding hydrogens is 358 g/mol. The lowest BCUT2D eigenvalue weighted by Crippen LogP contribution is -2.18. The average Bonchev–Trinajstić information content (AvgIpc) is 3.37. The molecule has 2 aromatic rings. The maximum absolute atomic E-state index is 4.80. The van der Waals surface area contributed by atoms with Gasteiger partial charge in [0.2, 0.25) is 0 Å². The smallest absolute Gasteiger partial charge is 0.154 e. The van der Waals surface area contributed by atoms with Crippen molar-refractivity contribution in [2.24, 2.45) is 4.99 Å². The lowest BCUT2D eigenvalue weighted by Gasteiger charge is -2.17. The van der Waals surface area contributed by atoms with Gasteiger partial charge in [-0.25, -0.2) is 9.98 Å². The van der Waals surface area contributed by atoms with Crippen molar-refractivity contribution in [1.29, 1.82) is 0 Å². The number of hydrogen-bond acceptors (Lipinski definition) is 4. The van der Waals surface area contributed by atoms with E-state index in [1.54, 1.807) is 0 Å². The van der Waals surface area contributed by atoms with E-state index in [4.69, 9.17) is 4.99 Å². The van der Waals surface area contributed by atoms with Crippen molar-refractivity contribution >= 4 is 22.9 Å². The van der Waals surface area contributed by atoms with E-state index >= 15 is 0 Å². The van der Waals surface area contributed by atoms with Crippen molar-refractivity contribution in [1.82, 2.24) is 14.8 Å². The first kappa shape index (κ1) is 18.1. The fraction of sp³-hybridized carbons (Fsp3) is 0.333. The number of nitrogens with one attached hydrogen (secondary N) is 1. The summed E-state index contributed by atoms with van der Waals surface area (Å²) in [5, 5.41) is 3.47. The van der Waals surface area contributed by atoms with Crippen molar-refractivity contribution in [2.75, 3.05) is 32.0 Å². The van der Waals surface area contributed by atoms with Gasteiger partial charge in [0.05, 0.1) is 0 Å². The van der Waals surface area contributed by atoms with Gasteiger partial charge in [-0.3, -0.25) is 4.90 Å². The Balaban J connectivity index is 1.31. The standard InChI is InChI=1S/C24H27N5/c1-28-12-7-19(8-13-28)20-4-5-22-21(15-20)16-24(26-22)27-23-14-18(6-9-25-23)17-29-10-2-3-11-29/h4-9,12,14-15H,2-3,10-11,13,16-17H2,1H3,(H,25,26,27). The van der Waals surface area contributed by atoms with Gasteiger partial charge in [0.1, 0.15) is 5.84 Å². The van der Waals surface area contributed by atoms with Gasteiger partial charge in [-0.1, -0.05) is 12.1 Å². The molecule has 0 aliphatic carbocycles. The summed E-state index contributed by atoms with van der Waals surface area (Å²) >= 11 is 0. The van der Waals surface area contributed by atoms with Crippen LogP contribution >= 0.6 is 0 Å². The van der Waals surface area contributed by atoms with Crippen molar-refractivity contribution in [2.45, 2.75) is 25.8 Å². The molecule has 148 valence electrons. The Hall–Kier alpha value is -2.92. The third-order valence-corrected chi connectivity index (χ3v) is 5.85. The van der Waals surface area contributed by atoms with Crippen LogP contribution in [0.2, 0.25) is 0 Å². The molecule has 1 aromatic carbocycles. The van der Waals surface area contributed by atoms with E-state index < -0.39 is 0 Å². The number of likely N-dealkylation sites (N-methyl/N-ethyl adjacent to an activating group) is 1. The number of rotatable bonds is 4. The molecule has 0 atom stereocenters. The summed E-state index contributed by atoms with van der Waals surface area (Å²) in [5.74, 6) is 1.76. The fourth-order valence-corrected chi connectivity index (χ4v) is 4.24. The first-order valence-corrected chi connectivity index (χ1v) is 10.5. The summed E-state index contributed by atoms with van der Waals surface area (Å²) in [5.41, 5.74) is 6.29. The van der Waals surface area contributed by atoms with E-state index in [1.165, 1.54) is 48.2 Å². The Bertz CT molecular complexity index is 998. The van der Waals surface area contributed by atoms with Crippen LogP contribution in [-0.4, -0.2) is 47.3 Å². The summed E-state index contributed by atoms with van der Waals surface area (Å²) in [6.45, 7) is 4.35. The minimum atomic E-state index is 0.790. The molecule has 0 amide bonds. The maximum atomic E-state index is 4.80. The number of amidine groups is 1. The molecule has 0 bridgehead atoms. The normalized spacial score (nSPS) is 20.1. The van der Waals surface area contributed by atoms with E-state index in [0.717, 1.165) is 36.9 Å². The molecule has 29 heavy (non-hydrogen) atoms. The summed E-state index contributed by atoms with van der Waals surface area (Å²) < 4.78 is 0. The number of anilines is 1. The van der Waals surface area contributed by atoms with Crippen LogP contribution < -0.4 is 5.32 Å². The molecule has 5 nitrogen and oxygen atoms in total. The van der Waals surface area contributed by atoms with Crippen LogP contribution in [0.25, 0.3) is 5.57 Å². The Morgan fingerprint density at radius 3 is 2.86 bits per heavy atom. The number of aromatic nitrogens is 1. The van der Waals surface area contributed by atoms with Gasteiger partial charge < -0.3 is 10.2 Å². The molecule has 5 heteroatoms. The molecule has 3 aliphatic heterocycles. The lowest BCUT2D eigenvalue weighted by atomic mass is 10.00. The quantitative estimate of drug-likeness (QED) is 0.856. The molecule has 0 unspecified atom stereocenters. The number of benzene rings is 1. The van der Waals surface area contributed by atoms with Crippen LogP contribution in [0, 0.1) is 0 Å². The average molecular weight is 386 g/mol. The largest absolute Gasteiger partial charge is 0.377 e. The minimum absolute atomic E-state index is 0.790. The van der Waals surface area contributed by atoms with Crippen molar-refractivity contribution in [3.05, 3.63) is 71.6 Å². The van der Waals surface area contributed by atoms with Crippen molar-refractivity contribution in [3.63, 3.8) is 0 Å². The van der Waals surface area contributed by atoms with Gasteiger partial charge in [-0.2, -0.15) is 0 Å². The zero-order valence-corrected chi connectivity index (χ0v) is 16.9. The predicted molar refractivity (Wildman–Crippen MR) is 119 cm³/mol. The van der Waals surface area contributed by atoms with Crippen LogP contribution in [0.3, 0.4) is 0 Å². The zero-order valence-electron chi connectivity index (χ0n) is 16.9. The maximum Gasteiger partial charge on any atom is 0.154 e. The Labute approximate surface area is 172 Å². The molecule has 1 N–H and O–H groups in total. The Kier molecular flexibility index (Phi) is 4.90. The monoisotopic (exact) mass is 385 g/mol. The number of allylic oxidation sites excluding steroid dienone is 2. The van der Waals surface area contributed by atoms with Crippen LogP contribution in [0.5, 0.6) is 0 Å². The molecule has 0 spiro atoms. The highest BCUT2D eigenvalue weighted by molar-refractivity contribution is 6.04. The second-order valence-corrected chi connectivity index (χ2v) is 8.15. The highest BCUT2D eigenvalue weighted by Gasteiger charge is 2.18. The van der Waals surface area contributed by atoms with Gasteiger partial charge in [-0.05, 0) is 84.7 Å². The Morgan fingerprint density at radius 2 is 2.03 bits per heavy atom. The van der Waals surface area contributed by atoms with Crippen LogP contribution in [-0.2, 0) is 13.0 Å². The highest BCUT2D eigenvalue weighted by atomic mass is 15.1. The third kappa shape index (κ3) is 4.10. The number of hydrogen-bond donors (Lipinski definition) is 1. The molecule has 1 fully saturated rings. The van der Waals surface area contributed by atoms with Gasteiger partial charge >= 0.3 is 0 Å². The molecule has 1 saturated heterocycles. The molecule has 1 aromatic heterocycles. The Morgan fingerprint density at radius 1 is 1.14 bits per heavy atom. The molecular formula is C24H27N5. The zero-order chi connectivity index (χ0) is 19.6. The number of likely N-dealkylation sites (tertiary alicyclic amines) is 1. The first-order valence-electron chi connectivity index (χ1n) is 10.5. The minimum Gasteiger partial charge on any atom is -0.377 e. The number of fused-ring (bicyclic) bond motifs is 1. The lowest BCUT2D eigenvalue weighted by molar-refractivity contribution is 0.331. The second kappa shape index (κ2) is 7.84. The van der Waals surface area contributed by atoms with Gasteiger partial charge in [-0.15, -0.1) is 0 Å². The molecule has 0 radical (unpaired) electrons. The summed E-state index contributed by atoms with van der Waals surface area (Å²) in [4.78, 5) is 13.9. The van der Waals surface area contributed by atoms with Crippen LogP contribution in [0.4, 0.5) is 11.5 Å². The number of aliphatic imine (C=N–C) groups is 1. The highest BCUT2D eigenvalue weighted by Crippen LogP contribution is 2.29. The topological polar surface area (TPSA) is 43.8 Å². The molecule has 3 aliphatic rings.